The number of carbonyl (C=O) groups excluding carboxylic acids is 1. The fraction of sp³-hybridized carbons (Fsp3) is 0.450. The van der Waals surface area contributed by atoms with Gasteiger partial charge >= 0.3 is 0 Å². The van der Waals surface area contributed by atoms with E-state index in [0.29, 0.717) is 18.7 Å². The predicted octanol–water partition coefficient (Wildman–Crippen LogP) is 3.88. The normalized spacial score (nSPS) is 19.0. The van der Waals surface area contributed by atoms with Crippen LogP contribution in [0.2, 0.25) is 0 Å². The molecule has 29 heavy (non-hydrogen) atoms. The van der Waals surface area contributed by atoms with Gasteiger partial charge in [0, 0.05) is 49.9 Å². The third-order valence-corrected chi connectivity index (χ3v) is 4.98. The molecular formula is C20H24F3N5O. The van der Waals surface area contributed by atoms with E-state index < -0.39 is 17.5 Å². The lowest BCUT2D eigenvalue weighted by atomic mass is 9.85. The maximum absolute atomic E-state index is 13.3. The van der Waals surface area contributed by atoms with Crippen LogP contribution in [-0.2, 0) is 4.79 Å². The Hall–Kier alpha value is -2.84. The van der Waals surface area contributed by atoms with Crippen molar-refractivity contribution in [2.45, 2.75) is 38.6 Å². The van der Waals surface area contributed by atoms with Crippen LogP contribution in [0.25, 0.3) is 0 Å². The molecule has 9 heteroatoms. The zero-order valence-corrected chi connectivity index (χ0v) is 16.6. The van der Waals surface area contributed by atoms with Crippen molar-refractivity contribution in [3.8, 4) is 0 Å². The summed E-state index contributed by atoms with van der Waals surface area (Å²) in [5, 5.41) is 5.88. The maximum atomic E-state index is 13.3. The second-order valence-electron chi connectivity index (χ2n) is 7.49. The Morgan fingerprint density at radius 1 is 1.03 bits per heavy atom. The average molecular weight is 407 g/mol. The lowest BCUT2D eigenvalue weighted by molar-refractivity contribution is -0.120. The molecule has 2 aromatic rings. The predicted molar refractivity (Wildman–Crippen MR) is 105 cm³/mol. The van der Waals surface area contributed by atoms with Crippen LogP contribution in [-0.4, -0.2) is 36.0 Å². The quantitative estimate of drug-likeness (QED) is 0.737. The zero-order chi connectivity index (χ0) is 21.1. The Balaban J connectivity index is 1.56. The van der Waals surface area contributed by atoms with Crippen LogP contribution in [0.15, 0.2) is 18.2 Å². The number of nitrogens with zero attached hydrogens (tertiary/aromatic N) is 3. The summed E-state index contributed by atoms with van der Waals surface area (Å²) < 4.78 is 39.7. The molecule has 1 amide bonds. The van der Waals surface area contributed by atoms with E-state index in [2.05, 4.69) is 20.6 Å². The molecule has 1 aliphatic carbocycles. The van der Waals surface area contributed by atoms with Crippen LogP contribution in [0.1, 0.15) is 31.5 Å². The molecule has 0 bridgehead atoms. The first kappa shape index (κ1) is 20.9. The van der Waals surface area contributed by atoms with Crippen molar-refractivity contribution in [1.29, 1.82) is 0 Å². The largest absolute Gasteiger partial charge is 0.367 e. The second-order valence-corrected chi connectivity index (χ2v) is 7.49. The van der Waals surface area contributed by atoms with Crippen molar-refractivity contribution < 1.29 is 18.0 Å². The summed E-state index contributed by atoms with van der Waals surface area (Å²) in [5.74, 6) is -2.57. The highest BCUT2D eigenvalue weighted by atomic mass is 19.2. The van der Waals surface area contributed by atoms with E-state index in [1.807, 2.05) is 32.0 Å². The van der Waals surface area contributed by atoms with E-state index in [9.17, 15) is 18.0 Å². The van der Waals surface area contributed by atoms with Gasteiger partial charge in [-0.2, -0.15) is 0 Å². The highest BCUT2D eigenvalue weighted by molar-refractivity contribution is 5.92. The van der Waals surface area contributed by atoms with Gasteiger partial charge in [0.05, 0.1) is 0 Å². The van der Waals surface area contributed by atoms with Crippen LogP contribution in [0.4, 0.5) is 30.5 Å². The summed E-state index contributed by atoms with van der Waals surface area (Å²) in [6.45, 7) is 1.83. The van der Waals surface area contributed by atoms with Crippen molar-refractivity contribution in [3.05, 3.63) is 41.5 Å². The molecule has 0 unspecified atom stereocenters. The molecule has 6 nitrogen and oxygen atoms in total. The molecular weight excluding hydrogens is 383 g/mol. The SMILES string of the molecule is Cc1nc(N[C@H]2CC[C@@H](C(=O)Nc3cc(F)c(F)c(F)c3)CC2)cc(N(C)C)n1. The molecule has 1 saturated carbocycles. The lowest BCUT2D eigenvalue weighted by Gasteiger charge is -2.29. The van der Waals surface area contributed by atoms with Crippen LogP contribution in [0.3, 0.4) is 0 Å². The summed E-state index contributed by atoms with van der Waals surface area (Å²) in [6.07, 6.45) is 2.76. The van der Waals surface area contributed by atoms with E-state index in [1.54, 1.807) is 0 Å². The molecule has 0 aliphatic heterocycles. The minimum Gasteiger partial charge on any atom is -0.367 e. The molecule has 2 N–H and O–H groups in total. The van der Waals surface area contributed by atoms with E-state index in [0.717, 1.165) is 36.6 Å². The van der Waals surface area contributed by atoms with Crippen molar-refractivity contribution in [3.63, 3.8) is 0 Å². The fourth-order valence-electron chi connectivity index (χ4n) is 3.44. The van der Waals surface area contributed by atoms with Gasteiger partial charge in [0.2, 0.25) is 5.91 Å². The molecule has 1 heterocycles. The number of aryl methyl sites for hydroxylation is 1. The molecule has 0 radical (unpaired) electrons. The molecule has 1 fully saturated rings. The Morgan fingerprint density at radius 2 is 1.66 bits per heavy atom. The Morgan fingerprint density at radius 3 is 2.24 bits per heavy atom. The number of amides is 1. The smallest absolute Gasteiger partial charge is 0.227 e. The van der Waals surface area contributed by atoms with Crippen molar-refractivity contribution in [2.24, 2.45) is 5.92 Å². The lowest BCUT2D eigenvalue weighted by Crippen LogP contribution is -2.32. The third kappa shape index (κ3) is 5.16. The van der Waals surface area contributed by atoms with E-state index in [-0.39, 0.29) is 23.6 Å². The number of rotatable bonds is 5. The molecule has 0 saturated heterocycles. The van der Waals surface area contributed by atoms with Gasteiger partial charge in [-0.15, -0.1) is 0 Å². The number of halogens is 3. The van der Waals surface area contributed by atoms with Gasteiger partial charge in [0.25, 0.3) is 0 Å². The van der Waals surface area contributed by atoms with Gasteiger partial charge in [0.1, 0.15) is 17.5 Å². The summed E-state index contributed by atoms with van der Waals surface area (Å²) >= 11 is 0. The van der Waals surface area contributed by atoms with Crippen LogP contribution in [0.5, 0.6) is 0 Å². The van der Waals surface area contributed by atoms with E-state index >= 15 is 0 Å². The van der Waals surface area contributed by atoms with Crippen LogP contribution in [0, 0.1) is 30.3 Å². The standard InChI is InChI=1S/C20H24F3N5O/c1-11-24-17(10-18(25-11)28(2)3)26-13-6-4-12(5-7-13)20(29)27-14-8-15(21)19(23)16(22)9-14/h8-10,12-13H,4-7H2,1-3H3,(H,27,29)(H,24,25,26)/t12-,13+. The van der Waals surface area contributed by atoms with Gasteiger partial charge in [0.15, 0.2) is 17.5 Å². The van der Waals surface area contributed by atoms with Crippen molar-refractivity contribution in [1.82, 2.24) is 9.97 Å². The first-order chi connectivity index (χ1) is 13.7. The number of hydrogen-bond donors (Lipinski definition) is 2. The zero-order valence-electron chi connectivity index (χ0n) is 16.6. The first-order valence-corrected chi connectivity index (χ1v) is 9.48. The Kier molecular flexibility index (Phi) is 6.24. The highest BCUT2D eigenvalue weighted by Gasteiger charge is 2.27. The molecule has 0 spiro atoms. The minimum atomic E-state index is -1.55. The fourth-order valence-corrected chi connectivity index (χ4v) is 3.44. The number of nitrogens with one attached hydrogen (secondary N) is 2. The Bertz CT molecular complexity index is 875. The number of carbonyl (C=O) groups is 1. The molecule has 0 atom stereocenters. The molecule has 1 aromatic heterocycles. The summed E-state index contributed by atoms with van der Waals surface area (Å²) in [7, 11) is 3.82. The Labute approximate surface area is 167 Å². The molecule has 1 aromatic carbocycles. The van der Waals surface area contributed by atoms with Gasteiger partial charge in [-0.3, -0.25) is 4.79 Å². The van der Waals surface area contributed by atoms with Gasteiger partial charge in [-0.25, -0.2) is 23.1 Å². The third-order valence-electron chi connectivity index (χ3n) is 4.98. The number of hydrogen-bond acceptors (Lipinski definition) is 5. The second kappa shape index (κ2) is 8.67. The monoisotopic (exact) mass is 407 g/mol. The van der Waals surface area contributed by atoms with Gasteiger partial charge in [-0.1, -0.05) is 0 Å². The molecule has 1 aliphatic rings. The van der Waals surface area contributed by atoms with Crippen LogP contribution < -0.4 is 15.5 Å². The minimum absolute atomic E-state index is 0.0840. The van der Waals surface area contributed by atoms with E-state index in [4.69, 9.17) is 0 Å². The van der Waals surface area contributed by atoms with Crippen molar-refractivity contribution in [2.75, 3.05) is 29.6 Å². The summed E-state index contributed by atoms with van der Waals surface area (Å²) in [5.41, 5.74) is -0.0840. The summed E-state index contributed by atoms with van der Waals surface area (Å²) in [6, 6.07) is 3.61. The van der Waals surface area contributed by atoms with Crippen molar-refractivity contribution >= 4 is 23.2 Å². The van der Waals surface area contributed by atoms with Gasteiger partial charge in [-0.05, 0) is 32.6 Å². The number of anilines is 3. The molecule has 156 valence electrons. The molecule has 3 rings (SSSR count). The first-order valence-electron chi connectivity index (χ1n) is 9.48. The topological polar surface area (TPSA) is 70.2 Å². The average Bonchev–Trinajstić information content (AvgIpc) is 2.66. The number of aromatic nitrogens is 2. The maximum Gasteiger partial charge on any atom is 0.227 e. The van der Waals surface area contributed by atoms with E-state index in [1.165, 1.54) is 0 Å². The number of benzene rings is 1. The van der Waals surface area contributed by atoms with Gasteiger partial charge < -0.3 is 15.5 Å². The highest BCUT2D eigenvalue weighted by Crippen LogP contribution is 2.28. The summed E-state index contributed by atoms with van der Waals surface area (Å²) in [4.78, 5) is 23.1. The van der Waals surface area contributed by atoms with Crippen LogP contribution >= 0.6 is 0 Å².